The summed E-state index contributed by atoms with van der Waals surface area (Å²) in [5.41, 5.74) is 1.45. The lowest BCUT2D eigenvalue weighted by Gasteiger charge is -2.02. The number of rotatable bonds is 4. The molecule has 88 valence electrons. The first kappa shape index (κ1) is 11.3. The Hall–Kier alpha value is -2.17. The van der Waals surface area contributed by atoms with E-state index in [1.165, 1.54) is 0 Å². The van der Waals surface area contributed by atoms with Gasteiger partial charge in [0, 0.05) is 37.0 Å². The monoisotopic (exact) mass is 231 g/mol. The molecule has 5 nitrogen and oxygen atoms in total. The Kier molecular flexibility index (Phi) is 3.49. The molecule has 0 atom stereocenters. The maximum absolute atomic E-state index is 11.7. The van der Waals surface area contributed by atoms with E-state index in [1.807, 2.05) is 13.0 Å². The third-order valence-corrected chi connectivity index (χ3v) is 2.29. The van der Waals surface area contributed by atoms with Crippen molar-refractivity contribution in [1.82, 2.24) is 15.5 Å². The predicted molar refractivity (Wildman–Crippen MR) is 61.5 cm³/mol. The summed E-state index contributed by atoms with van der Waals surface area (Å²) < 4.78 is 4.94. The van der Waals surface area contributed by atoms with Crippen molar-refractivity contribution < 1.29 is 9.32 Å². The molecule has 5 heteroatoms. The highest BCUT2D eigenvalue weighted by Crippen LogP contribution is 2.01. The van der Waals surface area contributed by atoms with Crippen molar-refractivity contribution in [2.75, 3.05) is 6.54 Å². The summed E-state index contributed by atoms with van der Waals surface area (Å²) >= 11 is 0. The molecule has 0 saturated carbocycles. The van der Waals surface area contributed by atoms with Crippen LogP contribution in [0.3, 0.4) is 0 Å². The third kappa shape index (κ3) is 3.14. The van der Waals surface area contributed by atoms with E-state index < -0.39 is 0 Å². The maximum atomic E-state index is 11.7. The Balaban J connectivity index is 1.81. The molecule has 0 unspecified atom stereocenters. The summed E-state index contributed by atoms with van der Waals surface area (Å²) in [5.74, 6) is 0.674. The smallest absolute Gasteiger partial charge is 0.251 e. The van der Waals surface area contributed by atoms with E-state index in [9.17, 15) is 4.79 Å². The van der Waals surface area contributed by atoms with Crippen molar-refractivity contribution in [3.8, 4) is 0 Å². The molecule has 0 fully saturated rings. The first-order chi connectivity index (χ1) is 8.25. The lowest BCUT2D eigenvalue weighted by Crippen LogP contribution is -2.25. The number of amides is 1. The molecule has 2 rings (SSSR count). The largest absolute Gasteiger partial charge is 0.361 e. The fourth-order valence-electron chi connectivity index (χ4n) is 1.45. The molecular weight excluding hydrogens is 218 g/mol. The first-order valence-corrected chi connectivity index (χ1v) is 5.36. The van der Waals surface area contributed by atoms with Crippen LogP contribution >= 0.6 is 0 Å². The zero-order valence-corrected chi connectivity index (χ0v) is 9.51. The summed E-state index contributed by atoms with van der Waals surface area (Å²) in [5, 5.41) is 6.66. The van der Waals surface area contributed by atoms with Crippen LogP contribution in [0.15, 0.2) is 35.1 Å². The van der Waals surface area contributed by atoms with Crippen molar-refractivity contribution in [2.45, 2.75) is 13.3 Å². The fraction of sp³-hybridized carbons (Fsp3) is 0.250. The lowest BCUT2D eigenvalue weighted by atomic mass is 10.2. The SMILES string of the molecule is Cc1cc(CCNC(=O)c2ccncc2)no1. The van der Waals surface area contributed by atoms with Gasteiger partial charge in [-0.1, -0.05) is 5.16 Å². The fourth-order valence-corrected chi connectivity index (χ4v) is 1.45. The minimum Gasteiger partial charge on any atom is -0.361 e. The van der Waals surface area contributed by atoms with Crippen molar-refractivity contribution >= 4 is 5.91 Å². The van der Waals surface area contributed by atoms with Gasteiger partial charge in [0.15, 0.2) is 0 Å². The molecular formula is C12H13N3O2. The van der Waals surface area contributed by atoms with Crippen molar-refractivity contribution in [3.63, 3.8) is 0 Å². The molecule has 0 radical (unpaired) electrons. The van der Waals surface area contributed by atoms with E-state index in [1.54, 1.807) is 24.5 Å². The van der Waals surface area contributed by atoms with E-state index in [0.717, 1.165) is 11.5 Å². The van der Waals surface area contributed by atoms with E-state index in [4.69, 9.17) is 4.52 Å². The quantitative estimate of drug-likeness (QED) is 0.862. The zero-order chi connectivity index (χ0) is 12.1. The summed E-state index contributed by atoms with van der Waals surface area (Å²) in [6.45, 7) is 2.37. The van der Waals surface area contributed by atoms with Gasteiger partial charge in [-0.3, -0.25) is 9.78 Å². The summed E-state index contributed by atoms with van der Waals surface area (Å²) in [7, 11) is 0. The Morgan fingerprint density at radius 1 is 1.41 bits per heavy atom. The van der Waals surface area contributed by atoms with Gasteiger partial charge in [0.25, 0.3) is 5.91 Å². The Labute approximate surface area is 98.8 Å². The Morgan fingerprint density at radius 3 is 2.82 bits per heavy atom. The summed E-state index contributed by atoms with van der Waals surface area (Å²) in [6.07, 6.45) is 3.85. The number of pyridine rings is 1. The number of carbonyl (C=O) groups is 1. The molecule has 0 aliphatic rings. The molecule has 1 N–H and O–H groups in total. The van der Waals surface area contributed by atoms with Crippen LogP contribution in [0.4, 0.5) is 0 Å². The molecule has 17 heavy (non-hydrogen) atoms. The minimum atomic E-state index is -0.104. The number of hydrogen-bond acceptors (Lipinski definition) is 4. The Bertz CT molecular complexity index is 493. The van der Waals surface area contributed by atoms with E-state index in [2.05, 4.69) is 15.5 Å². The lowest BCUT2D eigenvalue weighted by molar-refractivity contribution is 0.0954. The Morgan fingerprint density at radius 2 is 2.18 bits per heavy atom. The number of aryl methyl sites for hydroxylation is 1. The molecule has 0 aromatic carbocycles. The van der Waals surface area contributed by atoms with Gasteiger partial charge in [0.2, 0.25) is 0 Å². The van der Waals surface area contributed by atoms with Crippen LogP contribution < -0.4 is 5.32 Å². The number of hydrogen-bond donors (Lipinski definition) is 1. The summed E-state index contributed by atoms with van der Waals surface area (Å²) in [4.78, 5) is 15.5. The molecule has 0 spiro atoms. The topological polar surface area (TPSA) is 68.0 Å². The zero-order valence-electron chi connectivity index (χ0n) is 9.51. The van der Waals surface area contributed by atoms with E-state index in [0.29, 0.717) is 18.5 Å². The van der Waals surface area contributed by atoms with Gasteiger partial charge in [0.1, 0.15) is 5.76 Å². The molecule has 2 heterocycles. The number of carbonyl (C=O) groups excluding carboxylic acids is 1. The van der Waals surface area contributed by atoms with Crippen LogP contribution in [-0.4, -0.2) is 22.6 Å². The molecule has 1 amide bonds. The predicted octanol–water partition coefficient (Wildman–Crippen LogP) is 1.35. The van der Waals surface area contributed by atoms with Gasteiger partial charge >= 0.3 is 0 Å². The van der Waals surface area contributed by atoms with Crippen LogP contribution in [0.2, 0.25) is 0 Å². The highest BCUT2D eigenvalue weighted by molar-refractivity contribution is 5.93. The van der Waals surface area contributed by atoms with Crippen LogP contribution in [0.1, 0.15) is 21.8 Å². The van der Waals surface area contributed by atoms with Crippen LogP contribution in [-0.2, 0) is 6.42 Å². The highest BCUT2D eigenvalue weighted by atomic mass is 16.5. The average Bonchev–Trinajstić information content (AvgIpc) is 2.76. The third-order valence-electron chi connectivity index (χ3n) is 2.29. The van der Waals surface area contributed by atoms with Gasteiger partial charge in [-0.25, -0.2) is 0 Å². The highest BCUT2D eigenvalue weighted by Gasteiger charge is 2.05. The van der Waals surface area contributed by atoms with E-state index in [-0.39, 0.29) is 5.91 Å². The van der Waals surface area contributed by atoms with Gasteiger partial charge in [-0.05, 0) is 19.1 Å². The maximum Gasteiger partial charge on any atom is 0.251 e. The molecule has 0 bridgehead atoms. The number of aromatic nitrogens is 2. The van der Waals surface area contributed by atoms with Gasteiger partial charge in [-0.2, -0.15) is 0 Å². The molecule has 2 aromatic rings. The molecule has 0 aliphatic carbocycles. The van der Waals surface area contributed by atoms with Crippen molar-refractivity contribution in [3.05, 3.63) is 47.6 Å². The van der Waals surface area contributed by atoms with Crippen molar-refractivity contribution in [2.24, 2.45) is 0 Å². The van der Waals surface area contributed by atoms with Crippen molar-refractivity contribution in [1.29, 1.82) is 0 Å². The van der Waals surface area contributed by atoms with Gasteiger partial charge < -0.3 is 9.84 Å². The van der Waals surface area contributed by atoms with E-state index >= 15 is 0 Å². The standard InChI is InChI=1S/C12H13N3O2/c1-9-8-11(15-17-9)4-7-14-12(16)10-2-5-13-6-3-10/h2-3,5-6,8H,4,7H2,1H3,(H,14,16). The number of nitrogens with one attached hydrogen (secondary N) is 1. The second-order valence-electron chi connectivity index (χ2n) is 3.67. The second-order valence-corrected chi connectivity index (χ2v) is 3.67. The summed E-state index contributed by atoms with van der Waals surface area (Å²) in [6, 6.07) is 5.21. The first-order valence-electron chi connectivity index (χ1n) is 5.36. The normalized spacial score (nSPS) is 10.2. The van der Waals surface area contributed by atoms with Gasteiger partial charge in [-0.15, -0.1) is 0 Å². The minimum absolute atomic E-state index is 0.104. The average molecular weight is 231 g/mol. The second kappa shape index (κ2) is 5.25. The van der Waals surface area contributed by atoms with Crippen LogP contribution in [0, 0.1) is 6.92 Å². The van der Waals surface area contributed by atoms with Crippen LogP contribution in [0.5, 0.6) is 0 Å². The van der Waals surface area contributed by atoms with Gasteiger partial charge in [0.05, 0.1) is 5.69 Å². The number of nitrogens with zero attached hydrogens (tertiary/aromatic N) is 2. The molecule has 0 aliphatic heterocycles. The molecule has 2 aromatic heterocycles. The molecule has 0 saturated heterocycles. The van der Waals surface area contributed by atoms with Crippen LogP contribution in [0.25, 0.3) is 0 Å².